The summed E-state index contributed by atoms with van der Waals surface area (Å²) in [4.78, 5) is 10.3. The molecule has 12 heavy (non-hydrogen) atoms. The van der Waals surface area contributed by atoms with Crippen LogP contribution < -0.4 is 24.0 Å². The monoisotopic (exact) mass is 196 g/mol. The Balaban J connectivity index is 0.00000121. The molecule has 0 spiro atoms. The van der Waals surface area contributed by atoms with E-state index in [1.807, 2.05) is 0 Å². The van der Waals surface area contributed by atoms with Crippen molar-refractivity contribution in [2.24, 2.45) is 0 Å². The van der Waals surface area contributed by atoms with E-state index in [1.165, 1.54) is 18.2 Å². The van der Waals surface area contributed by atoms with E-state index in [1.54, 1.807) is 0 Å². The molecule has 58 valence electrons. The molecule has 1 aromatic rings. The molecule has 0 saturated carbocycles. The van der Waals surface area contributed by atoms with E-state index in [9.17, 15) is 9.90 Å². The zero-order valence-corrected chi connectivity index (χ0v) is 7.82. The first-order valence-corrected chi connectivity index (χ1v) is 3.53. The number of rotatable bonds is 1. The zero-order valence-electron chi connectivity index (χ0n) is 6.30. The number of hydrogen-bond acceptors (Lipinski definition) is 2. The molecule has 0 amide bonds. The van der Waals surface area contributed by atoms with Crippen molar-refractivity contribution in [2.75, 3.05) is 0 Å². The molecule has 0 heterocycles. The largest absolute Gasteiger partial charge is 1.00 e. The minimum absolute atomic E-state index is 0. The van der Waals surface area contributed by atoms with Crippen LogP contribution in [0.4, 0.5) is 0 Å². The Morgan fingerprint density at radius 2 is 1.83 bits per heavy atom. The number of carbonyl (C=O) groups excluding carboxylic acids is 1. The number of carbonyl (C=O) groups is 1. The molecule has 2 nitrogen and oxygen atoms in total. The second-order valence-electron chi connectivity index (χ2n) is 1.92. The van der Waals surface area contributed by atoms with E-state index in [2.05, 4.69) is 0 Å². The van der Waals surface area contributed by atoms with Crippen molar-refractivity contribution in [1.29, 1.82) is 0 Å². The number of benzene rings is 1. The minimum Gasteiger partial charge on any atom is -0.545 e. The van der Waals surface area contributed by atoms with Gasteiger partial charge in [-0.15, -0.1) is 0 Å². The Labute approximate surface area is 91.7 Å². The van der Waals surface area contributed by atoms with Gasteiger partial charge in [0.2, 0.25) is 0 Å². The average molecular weight is 197 g/mol. The second-order valence-corrected chi connectivity index (χ2v) is 2.73. The molecular weight excluding hydrogens is 194 g/mol. The summed E-state index contributed by atoms with van der Waals surface area (Å²) >= 11 is 11.1. The molecule has 0 fully saturated rings. The van der Waals surface area contributed by atoms with Crippen LogP contribution in [-0.2, 0) is 0 Å². The van der Waals surface area contributed by atoms with Crippen LogP contribution in [0.15, 0.2) is 18.2 Å². The van der Waals surface area contributed by atoms with Crippen LogP contribution in [0.25, 0.3) is 0 Å². The van der Waals surface area contributed by atoms with E-state index < -0.39 is 5.97 Å². The summed E-state index contributed by atoms with van der Waals surface area (Å²) in [6, 6.07) is 4.00. The molecule has 0 bridgehead atoms. The first-order valence-electron chi connectivity index (χ1n) is 2.77. The molecule has 1 rings (SSSR count). The maximum absolute atomic E-state index is 10.3. The van der Waals surface area contributed by atoms with Crippen LogP contribution in [0.1, 0.15) is 10.4 Å². The number of halogens is 2. The van der Waals surface area contributed by atoms with Gasteiger partial charge in [-0.05, 0) is 17.7 Å². The Morgan fingerprint density at radius 1 is 1.25 bits per heavy atom. The fourth-order valence-corrected chi connectivity index (χ4v) is 0.921. The summed E-state index contributed by atoms with van der Waals surface area (Å²) in [7, 11) is 0. The van der Waals surface area contributed by atoms with Crippen LogP contribution in [0, 0.1) is 0 Å². The molecule has 0 aliphatic heterocycles. The third kappa shape index (κ3) is 2.73. The Morgan fingerprint density at radius 3 is 2.25 bits per heavy atom. The van der Waals surface area contributed by atoms with Gasteiger partial charge in [-0.25, -0.2) is 0 Å². The van der Waals surface area contributed by atoms with Crippen molar-refractivity contribution < 1.29 is 28.8 Å². The van der Waals surface area contributed by atoms with Crippen LogP contribution in [0.2, 0.25) is 10.0 Å². The zero-order chi connectivity index (χ0) is 8.43. The molecule has 0 N–H and O–H groups in total. The molecule has 0 atom stereocenters. The molecule has 0 aliphatic rings. The van der Waals surface area contributed by atoms with Gasteiger partial charge in [0.25, 0.3) is 0 Å². The predicted octanol–water partition coefficient (Wildman–Crippen LogP) is -1.64. The van der Waals surface area contributed by atoms with E-state index >= 15 is 0 Å². The minimum atomic E-state index is -1.26. The van der Waals surface area contributed by atoms with Crippen molar-refractivity contribution in [3.05, 3.63) is 33.8 Å². The molecular formula is C7H3Cl2LiO2. The van der Waals surface area contributed by atoms with E-state index in [0.717, 1.165) is 0 Å². The molecule has 0 aliphatic carbocycles. The molecule has 1 aromatic carbocycles. The van der Waals surface area contributed by atoms with Crippen LogP contribution in [-0.4, -0.2) is 5.97 Å². The summed E-state index contributed by atoms with van der Waals surface area (Å²) in [5.41, 5.74) is 0.0272. The first kappa shape index (κ1) is 11.9. The van der Waals surface area contributed by atoms with Gasteiger partial charge >= 0.3 is 18.9 Å². The number of hydrogen-bond donors (Lipinski definition) is 0. The predicted molar refractivity (Wildman–Crippen MR) is 40.8 cm³/mol. The van der Waals surface area contributed by atoms with Gasteiger partial charge in [-0.3, -0.25) is 0 Å². The summed E-state index contributed by atoms with van der Waals surface area (Å²) in [5.74, 6) is -1.26. The fraction of sp³-hybridized carbons (Fsp3) is 0. The van der Waals surface area contributed by atoms with Gasteiger partial charge < -0.3 is 9.90 Å². The number of carboxylic acid groups (broad SMARTS) is 1. The van der Waals surface area contributed by atoms with Gasteiger partial charge in [-0.1, -0.05) is 29.3 Å². The molecule has 0 radical (unpaired) electrons. The smallest absolute Gasteiger partial charge is 0.545 e. The Bertz CT molecular complexity index is 301. The summed E-state index contributed by atoms with van der Waals surface area (Å²) < 4.78 is 0. The van der Waals surface area contributed by atoms with Gasteiger partial charge in [0.05, 0.1) is 16.0 Å². The van der Waals surface area contributed by atoms with Crippen molar-refractivity contribution in [1.82, 2.24) is 0 Å². The standard InChI is InChI=1S/C7H4Cl2O2.Li/c8-5-2-1-4(7(10)11)3-6(5)9;/h1-3H,(H,10,11);/q;+1/p-1. The van der Waals surface area contributed by atoms with Gasteiger partial charge in [0.1, 0.15) is 0 Å². The summed E-state index contributed by atoms with van der Waals surface area (Å²) in [5, 5.41) is 10.8. The van der Waals surface area contributed by atoms with Crippen LogP contribution in [0.3, 0.4) is 0 Å². The van der Waals surface area contributed by atoms with Crippen molar-refractivity contribution >= 4 is 29.2 Å². The molecule has 0 saturated heterocycles. The second kappa shape index (κ2) is 4.79. The van der Waals surface area contributed by atoms with Crippen molar-refractivity contribution in [3.8, 4) is 0 Å². The summed E-state index contributed by atoms with van der Waals surface area (Å²) in [6.45, 7) is 0. The molecule has 5 heteroatoms. The fourth-order valence-electron chi connectivity index (χ4n) is 0.623. The van der Waals surface area contributed by atoms with Crippen molar-refractivity contribution in [3.63, 3.8) is 0 Å². The maximum atomic E-state index is 10.3. The van der Waals surface area contributed by atoms with E-state index in [-0.39, 0.29) is 29.4 Å². The number of carboxylic acids is 1. The third-order valence-electron chi connectivity index (χ3n) is 1.16. The first-order chi connectivity index (χ1) is 5.11. The topological polar surface area (TPSA) is 40.1 Å². The summed E-state index contributed by atoms with van der Waals surface area (Å²) in [6.07, 6.45) is 0. The van der Waals surface area contributed by atoms with Gasteiger partial charge in [-0.2, -0.15) is 0 Å². The quantitative estimate of drug-likeness (QED) is 0.506. The van der Waals surface area contributed by atoms with Gasteiger partial charge in [0.15, 0.2) is 0 Å². The molecule has 0 aromatic heterocycles. The number of aromatic carboxylic acids is 1. The third-order valence-corrected chi connectivity index (χ3v) is 1.89. The Hall–Kier alpha value is -0.133. The van der Waals surface area contributed by atoms with Crippen molar-refractivity contribution in [2.45, 2.75) is 0 Å². The molecule has 0 unspecified atom stereocenters. The van der Waals surface area contributed by atoms with E-state index in [4.69, 9.17) is 23.2 Å². The Kier molecular flexibility index (Phi) is 4.73. The van der Waals surface area contributed by atoms with Crippen LogP contribution >= 0.6 is 23.2 Å². The van der Waals surface area contributed by atoms with Gasteiger partial charge in [0, 0.05) is 0 Å². The normalized spacial score (nSPS) is 8.83. The van der Waals surface area contributed by atoms with Crippen LogP contribution in [0.5, 0.6) is 0 Å². The van der Waals surface area contributed by atoms with E-state index in [0.29, 0.717) is 5.02 Å². The average Bonchev–Trinajstić information content (AvgIpc) is 1.94. The maximum Gasteiger partial charge on any atom is 1.00 e. The SMILES string of the molecule is O=C([O-])c1ccc(Cl)c(Cl)c1.[Li+].